The van der Waals surface area contributed by atoms with Crippen molar-refractivity contribution in [1.82, 2.24) is 9.69 Å². The van der Waals surface area contributed by atoms with E-state index in [9.17, 15) is 14.4 Å². The number of ether oxygens (including phenoxy) is 3. The second-order valence-electron chi connectivity index (χ2n) is 9.02. The van der Waals surface area contributed by atoms with Gasteiger partial charge in [-0.3, -0.25) is 19.3 Å². The minimum absolute atomic E-state index is 0.0163. The number of hydrogen-bond acceptors (Lipinski definition) is 9. The van der Waals surface area contributed by atoms with E-state index in [0.29, 0.717) is 28.5 Å². The zero-order valence-corrected chi connectivity index (χ0v) is 22.7. The van der Waals surface area contributed by atoms with Gasteiger partial charge in [0.05, 0.1) is 27.0 Å². The molecule has 0 bridgehead atoms. The van der Waals surface area contributed by atoms with Crippen LogP contribution in [0.1, 0.15) is 57.4 Å². The highest BCUT2D eigenvalue weighted by Crippen LogP contribution is 2.38. The Kier molecular flexibility index (Phi) is 8.55. The van der Waals surface area contributed by atoms with Gasteiger partial charge in [-0.15, -0.1) is 0 Å². The number of hydrogen-bond donors (Lipinski definition) is 3. The third-order valence-electron chi connectivity index (χ3n) is 6.64. The van der Waals surface area contributed by atoms with E-state index in [1.165, 1.54) is 26.2 Å². The summed E-state index contributed by atoms with van der Waals surface area (Å²) < 4.78 is 20.3. The maximum Gasteiger partial charge on any atom is 0.273 e. The summed E-state index contributed by atoms with van der Waals surface area (Å²) in [6, 6.07) is 10.6. The molecule has 39 heavy (non-hydrogen) atoms. The summed E-state index contributed by atoms with van der Waals surface area (Å²) in [5.74, 6) is -0.544. The van der Waals surface area contributed by atoms with Crippen molar-refractivity contribution in [3.63, 3.8) is 0 Å². The normalized spacial score (nSPS) is 13.9. The number of nitrogens with two attached hydrogens (primary N) is 2. The van der Waals surface area contributed by atoms with Crippen LogP contribution >= 0.6 is 11.5 Å². The van der Waals surface area contributed by atoms with Crippen molar-refractivity contribution in [3.8, 4) is 17.2 Å². The molecular formula is C27H31N5O6S. The minimum atomic E-state index is -1.15. The van der Waals surface area contributed by atoms with Crippen LogP contribution in [0.5, 0.6) is 17.2 Å². The maximum absolute atomic E-state index is 14.2. The second kappa shape index (κ2) is 12.0. The first-order chi connectivity index (χ1) is 18.8. The Balaban J connectivity index is 1.91. The third kappa shape index (κ3) is 5.75. The zero-order chi connectivity index (χ0) is 28.1. The smallest absolute Gasteiger partial charge is 0.273 e. The molecular weight excluding hydrogens is 522 g/mol. The lowest BCUT2D eigenvalue weighted by atomic mass is 10.0. The first-order valence-corrected chi connectivity index (χ1v) is 13.1. The molecule has 0 spiro atoms. The Labute approximate surface area is 230 Å². The summed E-state index contributed by atoms with van der Waals surface area (Å²) in [5.41, 5.74) is 12.0. The van der Waals surface area contributed by atoms with Crippen LogP contribution in [0, 0.1) is 0 Å². The van der Waals surface area contributed by atoms with Gasteiger partial charge >= 0.3 is 0 Å². The molecule has 1 atom stereocenters. The van der Waals surface area contributed by atoms with E-state index in [1.807, 2.05) is 0 Å². The number of nitrogens with zero attached hydrogens (tertiary/aromatic N) is 2. The molecule has 3 amide bonds. The Bertz CT molecular complexity index is 1370. The highest BCUT2D eigenvalue weighted by atomic mass is 32.1. The molecule has 0 radical (unpaired) electrons. The number of primary amides is 1. The number of benzene rings is 2. The standard InChI is InChI=1S/C27H31N5O6S/c1-36-18-10-6-9-17(14-18)32(27(35)24-21(28)22(25(29)33)31-39-24)23(26(34)30-16-7-4-5-8-16)15-11-12-19(37-2)20(13-15)38-3/h6,9-14,16,23H,4-5,7-8,28H2,1-3H3,(H2,29,33)(H,30,34). The molecule has 1 aliphatic rings. The third-order valence-corrected chi connectivity index (χ3v) is 7.49. The van der Waals surface area contributed by atoms with Gasteiger partial charge in [0.1, 0.15) is 16.7 Å². The fourth-order valence-electron chi connectivity index (χ4n) is 4.67. The topological polar surface area (TPSA) is 159 Å². The van der Waals surface area contributed by atoms with Crippen LogP contribution in [0.4, 0.5) is 11.4 Å². The number of carbonyl (C=O) groups excluding carboxylic acids is 3. The van der Waals surface area contributed by atoms with Gasteiger partial charge < -0.3 is 31.0 Å². The van der Waals surface area contributed by atoms with Gasteiger partial charge in [0.2, 0.25) is 5.91 Å². The summed E-state index contributed by atoms with van der Waals surface area (Å²) in [6.07, 6.45) is 3.72. The number of anilines is 2. The van der Waals surface area contributed by atoms with E-state index in [0.717, 1.165) is 37.2 Å². The van der Waals surface area contributed by atoms with Crippen LogP contribution in [0.25, 0.3) is 0 Å². The molecule has 1 aromatic heterocycles. The molecule has 1 unspecified atom stereocenters. The average molecular weight is 554 g/mol. The van der Waals surface area contributed by atoms with Crippen LogP contribution in [0.15, 0.2) is 42.5 Å². The van der Waals surface area contributed by atoms with Crippen molar-refractivity contribution in [2.75, 3.05) is 32.0 Å². The van der Waals surface area contributed by atoms with Gasteiger partial charge in [0.25, 0.3) is 11.8 Å². The Morgan fingerprint density at radius 3 is 2.36 bits per heavy atom. The maximum atomic E-state index is 14.2. The summed E-state index contributed by atoms with van der Waals surface area (Å²) in [6.45, 7) is 0. The summed E-state index contributed by atoms with van der Waals surface area (Å²) in [7, 11) is 4.50. The number of amides is 3. The number of carbonyl (C=O) groups is 3. The van der Waals surface area contributed by atoms with E-state index in [2.05, 4.69) is 9.69 Å². The molecule has 0 saturated heterocycles. The highest BCUT2D eigenvalue weighted by Gasteiger charge is 2.37. The molecule has 1 aliphatic carbocycles. The average Bonchev–Trinajstić information content (AvgIpc) is 3.60. The first kappa shape index (κ1) is 27.7. The van der Waals surface area contributed by atoms with Gasteiger partial charge in [0.15, 0.2) is 17.2 Å². The molecule has 12 heteroatoms. The monoisotopic (exact) mass is 553 g/mol. The predicted molar refractivity (Wildman–Crippen MR) is 148 cm³/mol. The van der Waals surface area contributed by atoms with Crippen LogP contribution in [0.3, 0.4) is 0 Å². The molecule has 2 aromatic carbocycles. The Hall–Kier alpha value is -4.32. The van der Waals surface area contributed by atoms with Crippen molar-refractivity contribution in [1.29, 1.82) is 0 Å². The van der Waals surface area contributed by atoms with Crippen molar-refractivity contribution < 1.29 is 28.6 Å². The molecule has 0 aliphatic heterocycles. The fourth-order valence-corrected chi connectivity index (χ4v) is 5.42. The molecule has 1 fully saturated rings. The quantitative estimate of drug-likeness (QED) is 0.345. The fraction of sp³-hybridized carbons (Fsp3) is 0.333. The predicted octanol–water partition coefficient (Wildman–Crippen LogP) is 3.30. The van der Waals surface area contributed by atoms with Crippen molar-refractivity contribution >= 4 is 40.6 Å². The van der Waals surface area contributed by atoms with Gasteiger partial charge in [-0.1, -0.05) is 25.0 Å². The van der Waals surface area contributed by atoms with Gasteiger partial charge in [-0.2, -0.15) is 4.37 Å². The summed E-state index contributed by atoms with van der Waals surface area (Å²) >= 11 is 0.742. The minimum Gasteiger partial charge on any atom is -0.497 e. The lowest BCUT2D eigenvalue weighted by molar-refractivity contribution is -0.123. The highest BCUT2D eigenvalue weighted by molar-refractivity contribution is 7.09. The van der Waals surface area contributed by atoms with Crippen LogP contribution in [0.2, 0.25) is 0 Å². The Morgan fingerprint density at radius 1 is 1.03 bits per heavy atom. The largest absolute Gasteiger partial charge is 0.497 e. The lowest BCUT2D eigenvalue weighted by Gasteiger charge is -2.32. The molecule has 3 aromatic rings. The van der Waals surface area contributed by atoms with Crippen molar-refractivity contribution in [2.24, 2.45) is 5.73 Å². The van der Waals surface area contributed by atoms with Gasteiger partial charge in [0, 0.05) is 17.8 Å². The van der Waals surface area contributed by atoms with E-state index < -0.39 is 17.9 Å². The molecule has 206 valence electrons. The molecule has 11 nitrogen and oxygen atoms in total. The lowest BCUT2D eigenvalue weighted by Crippen LogP contribution is -2.46. The van der Waals surface area contributed by atoms with Crippen LogP contribution in [-0.2, 0) is 4.79 Å². The van der Waals surface area contributed by atoms with Crippen molar-refractivity contribution in [3.05, 3.63) is 58.6 Å². The SMILES string of the molecule is COc1cccc(N(C(=O)c2snc(C(N)=O)c2N)C(C(=O)NC2CCCC2)c2ccc(OC)c(OC)c2)c1. The van der Waals surface area contributed by atoms with Gasteiger partial charge in [-0.05, 0) is 54.2 Å². The van der Waals surface area contributed by atoms with Crippen molar-refractivity contribution in [2.45, 2.75) is 37.8 Å². The second-order valence-corrected chi connectivity index (χ2v) is 9.80. The Morgan fingerprint density at radius 2 is 1.74 bits per heavy atom. The number of rotatable bonds is 10. The van der Waals surface area contributed by atoms with E-state index in [1.54, 1.807) is 42.5 Å². The molecule has 1 saturated carbocycles. The van der Waals surface area contributed by atoms with Crippen LogP contribution < -0.4 is 35.9 Å². The first-order valence-electron chi connectivity index (χ1n) is 12.3. The number of aromatic nitrogens is 1. The zero-order valence-electron chi connectivity index (χ0n) is 21.9. The molecule has 4 rings (SSSR count). The van der Waals surface area contributed by atoms with E-state index in [4.69, 9.17) is 25.7 Å². The van der Waals surface area contributed by atoms with E-state index in [-0.39, 0.29) is 28.2 Å². The molecule has 5 N–H and O–H groups in total. The summed E-state index contributed by atoms with van der Waals surface area (Å²) in [4.78, 5) is 41.4. The van der Waals surface area contributed by atoms with E-state index >= 15 is 0 Å². The molecule has 1 heterocycles. The van der Waals surface area contributed by atoms with Crippen LogP contribution in [-0.4, -0.2) is 49.5 Å². The number of nitrogen functional groups attached to an aromatic ring is 1. The number of methoxy groups -OCH3 is 3. The number of nitrogens with one attached hydrogen (secondary N) is 1. The van der Waals surface area contributed by atoms with Gasteiger partial charge in [-0.25, -0.2) is 0 Å². The summed E-state index contributed by atoms with van der Waals surface area (Å²) in [5, 5.41) is 3.11.